The average molecular weight is 383 g/mol. The standard InChI is InChI=1S/C23H30N2OS/c1-19-11-14-25(15-12-19)17-20-7-9-22(10-8-20)23(26)24-13-16-27-18-21-5-3-2-4-6-21/h2-10,19H,11-18H2,1H3,(H,24,26). The normalized spacial score (nSPS) is 15.6. The molecule has 0 radical (unpaired) electrons. The Labute approximate surface area is 167 Å². The van der Waals surface area contributed by atoms with Gasteiger partial charge < -0.3 is 5.32 Å². The van der Waals surface area contributed by atoms with Gasteiger partial charge in [0.1, 0.15) is 0 Å². The molecule has 1 N–H and O–H groups in total. The third kappa shape index (κ3) is 6.71. The van der Waals surface area contributed by atoms with Gasteiger partial charge in [0.15, 0.2) is 0 Å². The Bertz CT molecular complexity index is 694. The first kappa shape index (κ1) is 20.0. The highest BCUT2D eigenvalue weighted by Crippen LogP contribution is 2.18. The lowest BCUT2D eigenvalue weighted by molar-refractivity contribution is 0.0956. The van der Waals surface area contributed by atoms with Crippen LogP contribution in [0.4, 0.5) is 0 Å². The van der Waals surface area contributed by atoms with Gasteiger partial charge in [0.05, 0.1) is 0 Å². The number of likely N-dealkylation sites (tertiary alicyclic amines) is 1. The molecule has 0 aromatic heterocycles. The SMILES string of the molecule is CC1CCN(Cc2ccc(C(=O)NCCSCc3ccccc3)cc2)CC1. The Morgan fingerprint density at radius 2 is 1.74 bits per heavy atom. The van der Waals surface area contributed by atoms with Crippen LogP contribution in [-0.2, 0) is 12.3 Å². The van der Waals surface area contributed by atoms with E-state index >= 15 is 0 Å². The maximum absolute atomic E-state index is 12.3. The second-order valence-corrected chi connectivity index (χ2v) is 8.55. The molecule has 0 aliphatic carbocycles. The molecule has 0 atom stereocenters. The van der Waals surface area contributed by atoms with Crippen molar-refractivity contribution in [1.82, 2.24) is 10.2 Å². The number of rotatable bonds is 8. The summed E-state index contributed by atoms with van der Waals surface area (Å²) in [6, 6.07) is 18.5. The molecule has 1 amide bonds. The second-order valence-electron chi connectivity index (χ2n) is 7.45. The Morgan fingerprint density at radius 3 is 2.44 bits per heavy atom. The molecular formula is C23H30N2OS. The van der Waals surface area contributed by atoms with Crippen molar-refractivity contribution in [3.05, 3.63) is 71.3 Å². The molecule has 0 bridgehead atoms. The van der Waals surface area contributed by atoms with E-state index in [1.165, 1.54) is 37.1 Å². The van der Waals surface area contributed by atoms with E-state index in [0.717, 1.165) is 29.5 Å². The zero-order chi connectivity index (χ0) is 18.9. The molecule has 0 unspecified atom stereocenters. The van der Waals surface area contributed by atoms with E-state index in [1.54, 1.807) is 0 Å². The van der Waals surface area contributed by atoms with Gasteiger partial charge in [-0.3, -0.25) is 9.69 Å². The number of carbonyl (C=O) groups excluding carboxylic acids is 1. The number of hydrogen-bond donors (Lipinski definition) is 1. The molecule has 0 saturated carbocycles. The van der Waals surface area contributed by atoms with Gasteiger partial charge in [-0.15, -0.1) is 0 Å². The van der Waals surface area contributed by atoms with Crippen LogP contribution >= 0.6 is 11.8 Å². The fourth-order valence-corrected chi connectivity index (χ4v) is 4.16. The van der Waals surface area contributed by atoms with Crippen molar-refractivity contribution in [3.63, 3.8) is 0 Å². The predicted octanol–water partition coefficient (Wildman–Crippen LogP) is 4.58. The van der Waals surface area contributed by atoms with E-state index in [2.05, 4.69) is 53.5 Å². The van der Waals surface area contributed by atoms with Crippen LogP contribution in [-0.4, -0.2) is 36.2 Å². The molecule has 3 rings (SSSR count). The summed E-state index contributed by atoms with van der Waals surface area (Å²) < 4.78 is 0. The van der Waals surface area contributed by atoms with Crippen LogP contribution in [0.1, 0.15) is 41.3 Å². The zero-order valence-electron chi connectivity index (χ0n) is 16.2. The average Bonchev–Trinajstić information content (AvgIpc) is 2.71. The van der Waals surface area contributed by atoms with Crippen LogP contribution in [0.3, 0.4) is 0 Å². The summed E-state index contributed by atoms with van der Waals surface area (Å²) in [4.78, 5) is 14.8. The molecule has 3 nitrogen and oxygen atoms in total. The molecular weight excluding hydrogens is 352 g/mol. The topological polar surface area (TPSA) is 32.3 Å². The molecule has 144 valence electrons. The molecule has 2 aromatic rings. The first-order chi connectivity index (χ1) is 13.2. The Balaban J connectivity index is 1.36. The van der Waals surface area contributed by atoms with Crippen molar-refractivity contribution in [1.29, 1.82) is 0 Å². The minimum atomic E-state index is 0.0219. The van der Waals surface area contributed by atoms with Crippen LogP contribution in [0, 0.1) is 5.92 Å². The first-order valence-corrected chi connectivity index (χ1v) is 11.1. The number of nitrogens with zero attached hydrogens (tertiary/aromatic N) is 1. The van der Waals surface area contributed by atoms with E-state index in [1.807, 2.05) is 30.0 Å². The lowest BCUT2D eigenvalue weighted by Gasteiger charge is -2.30. The van der Waals surface area contributed by atoms with Gasteiger partial charge >= 0.3 is 0 Å². The third-order valence-corrected chi connectivity index (χ3v) is 6.17. The Hall–Kier alpha value is -1.78. The van der Waals surface area contributed by atoms with E-state index in [0.29, 0.717) is 6.54 Å². The monoisotopic (exact) mass is 382 g/mol. The second kappa shape index (κ2) is 10.5. The summed E-state index contributed by atoms with van der Waals surface area (Å²) in [5.74, 6) is 2.79. The number of carbonyl (C=O) groups is 1. The molecule has 1 heterocycles. The fourth-order valence-electron chi connectivity index (χ4n) is 3.34. The first-order valence-electron chi connectivity index (χ1n) is 9.92. The number of amides is 1. The maximum Gasteiger partial charge on any atom is 0.251 e. The highest BCUT2D eigenvalue weighted by atomic mass is 32.2. The molecule has 1 saturated heterocycles. The van der Waals surface area contributed by atoms with E-state index in [9.17, 15) is 4.79 Å². The summed E-state index contributed by atoms with van der Waals surface area (Å²) in [6.45, 7) is 6.40. The number of benzene rings is 2. The molecule has 2 aromatic carbocycles. The van der Waals surface area contributed by atoms with Gasteiger partial charge in [-0.25, -0.2) is 0 Å². The molecule has 27 heavy (non-hydrogen) atoms. The van der Waals surface area contributed by atoms with Gasteiger partial charge in [0.25, 0.3) is 5.91 Å². The third-order valence-electron chi connectivity index (χ3n) is 5.14. The van der Waals surface area contributed by atoms with E-state index in [4.69, 9.17) is 0 Å². The summed E-state index contributed by atoms with van der Waals surface area (Å²) in [7, 11) is 0. The highest BCUT2D eigenvalue weighted by molar-refractivity contribution is 7.98. The van der Waals surface area contributed by atoms with E-state index in [-0.39, 0.29) is 5.91 Å². The van der Waals surface area contributed by atoms with Gasteiger partial charge in [0, 0.05) is 30.2 Å². The van der Waals surface area contributed by atoms with Crippen molar-refractivity contribution in [3.8, 4) is 0 Å². The van der Waals surface area contributed by atoms with Gasteiger partial charge in [-0.2, -0.15) is 11.8 Å². The largest absolute Gasteiger partial charge is 0.351 e. The summed E-state index contributed by atoms with van der Waals surface area (Å²) in [5, 5.41) is 3.02. The fraction of sp³-hybridized carbons (Fsp3) is 0.435. The van der Waals surface area contributed by atoms with Crippen molar-refractivity contribution in [2.24, 2.45) is 5.92 Å². The number of nitrogens with one attached hydrogen (secondary N) is 1. The molecule has 1 fully saturated rings. The lowest BCUT2D eigenvalue weighted by atomic mass is 9.99. The van der Waals surface area contributed by atoms with Crippen molar-refractivity contribution < 1.29 is 4.79 Å². The molecule has 4 heteroatoms. The summed E-state index contributed by atoms with van der Waals surface area (Å²) in [5.41, 5.74) is 3.37. The molecule has 1 aliphatic rings. The quantitative estimate of drug-likeness (QED) is 0.678. The van der Waals surface area contributed by atoms with Crippen molar-refractivity contribution in [2.45, 2.75) is 32.1 Å². The number of hydrogen-bond acceptors (Lipinski definition) is 3. The van der Waals surface area contributed by atoms with Gasteiger partial charge in [-0.05, 0) is 55.1 Å². The van der Waals surface area contributed by atoms with Crippen LogP contribution in [0.2, 0.25) is 0 Å². The number of thioether (sulfide) groups is 1. The maximum atomic E-state index is 12.3. The summed E-state index contributed by atoms with van der Waals surface area (Å²) in [6.07, 6.45) is 2.59. The lowest BCUT2D eigenvalue weighted by Crippen LogP contribution is -2.32. The Kier molecular flexibility index (Phi) is 7.79. The Morgan fingerprint density at radius 1 is 1.04 bits per heavy atom. The minimum absolute atomic E-state index is 0.0219. The zero-order valence-corrected chi connectivity index (χ0v) is 17.0. The highest BCUT2D eigenvalue weighted by Gasteiger charge is 2.15. The van der Waals surface area contributed by atoms with Crippen LogP contribution in [0.25, 0.3) is 0 Å². The van der Waals surface area contributed by atoms with Gasteiger partial charge in [-0.1, -0.05) is 49.4 Å². The van der Waals surface area contributed by atoms with Crippen LogP contribution in [0.5, 0.6) is 0 Å². The molecule has 1 aliphatic heterocycles. The molecule has 0 spiro atoms. The van der Waals surface area contributed by atoms with Crippen molar-refractivity contribution >= 4 is 17.7 Å². The minimum Gasteiger partial charge on any atom is -0.351 e. The van der Waals surface area contributed by atoms with Gasteiger partial charge in [0.2, 0.25) is 0 Å². The summed E-state index contributed by atoms with van der Waals surface area (Å²) >= 11 is 1.85. The predicted molar refractivity (Wildman–Crippen MR) is 115 cm³/mol. The van der Waals surface area contributed by atoms with Crippen LogP contribution < -0.4 is 5.32 Å². The van der Waals surface area contributed by atoms with Crippen molar-refractivity contribution in [2.75, 3.05) is 25.4 Å². The van der Waals surface area contributed by atoms with Crippen LogP contribution in [0.15, 0.2) is 54.6 Å². The number of piperidine rings is 1. The van der Waals surface area contributed by atoms with E-state index < -0.39 is 0 Å². The smallest absolute Gasteiger partial charge is 0.251 e.